The number of aliphatic hydroxyl groups is 1. The van der Waals surface area contributed by atoms with Crippen LogP contribution < -0.4 is 24.8 Å². The molecule has 7 heteroatoms. The minimum Gasteiger partial charge on any atom is -0.493 e. The zero-order chi connectivity index (χ0) is 17.2. The maximum absolute atomic E-state index is 12.0. The summed E-state index contributed by atoms with van der Waals surface area (Å²) < 4.78 is 15.9. The van der Waals surface area contributed by atoms with Crippen LogP contribution in [0.4, 0.5) is 10.5 Å². The van der Waals surface area contributed by atoms with Gasteiger partial charge in [0.25, 0.3) is 0 Å². The number of nitrogens with one attached hydrogen (secondary N) is 2. The zero-order valence-electron chi connectivity index (χ0n) is 13.5. The summed E-state index contributed by atoms with van der Waals surface area (Å²) in [5.41, 5.74) is 2.43. The molecule has 2 aromatic rings. The lowest BCUT2D eigenvalue weighted by Gasteiger charge is -2.14. The lowest BCUT2D eigenvalue weighted by Crippen LogP contribution is -2.32. The molecule has 0 aliphatic carbocycles. The van der Waals surface area contributed by atoms with Gasteiger partial charge in [-0.3, -0.25) is 0 Å². The summed E-state index contributed by atoms with van der Waals surface area (Å²) in [6.45, 7) is 0.962. The Morgan fingerprint density at radius 3 is 2.84 bits per heavy atom. The number of aliphatic hydroxyl groups excluding tert-OH is 1. The number of amides is 2. The Balaban J connectivity index is 1.32. The number of urea groups is 1. The van der Waals surface area contributed by atoms with Crippen molar-refractivity contribution in [1.82, 2.24) is 5.32 Å². The van der Waals surface area contributed by atoms with Crippen LogP contribution in [0.1, 0.15) is 17.2 Å². The van der Waals surface area contributed by atoms with Crippen LogP contribution in [0.25, 0.3) is 0 Å². The third-order valence-corrected chi connectivity index (χ3v) is 4.18. The van der Waals surface area contributed by atoms with E-state index in [1.165, 1.54) is 0 Å². The van der Waals surface area contributed by atoms with E-state index in [0.717, 1.165) is 23.3 Å². The first-order valence-corrected chi connectivity index (χ1v) is 8.07. The molecule has 2 heterocycles. The van der Waals surface area contributed by atoms with Crippen LogP contribution in [-0.4, -0.2) is 31.1 Å². The summed E-state index contributed by atoms with van der Waals surface area (Å²) >= 11 is 0. The van der Waals surface area contributed by atoms with Gasteiger partial charge in [0.2, 0.25) is 6.79 Å². The molecule has 2 aromatic carbocycles. The predicted molar refractivity (Wildman–Crippen MR) is 90.2 cm³/mol. The van der Waals surface area contributed by atoms with Gasteiger partial charge in [0.05, 0.1) is 12.7 Å². The quantitative estimate of drug-likeness (QED) is 0.793. The van der Waals surface area contributed by atoms with Gasteiger partial charge in [-0.15, -0.1) is 0 Å². The van der Waals surface area contributed by atoms with Gasteiger partial charge in [0.15, 0.2) is 11.5 Å². The molecule has 130 valence electrons. The van der Waals surface area contributed by atoms with Crippen molar-refractivity contribution in [2.45, 2.75) is 12.5 Å². The molecular weight excluding hydrogens is 324 g/mol. The summed E-state index contributed by atoms with van der Waals surface area (Å²) in [5.74, 6) is 2.12. The van der Waals surface area contributed by atoms with Gasteiger partial charge in [-0.05, 0) is 35.4 Å². The van der Waals surface area contributed by atoms with Crippen LogP contribution in [0.5, 0.6) is 17.2 Å². The van der Waals surface area contributed by atoms with Gasteiger partial charge in [-0.2, -0.15) is 0 Å². The second-order valence-corrected chi connectivity index (χ2v) is 5.88. The van der Waals surface area contributed by atoms with E-state index in [2.05, 4.69) is 10.6 Å². The largest absolute Gasteiger partial charge is 0.493 e. The standard InChI is InChI=1S/C18H18N2O5/c21-14(11-1-3-15-12(7-11)5-6-23-15)9-19-18(22)20-13-2-4-16-17(8-13)25-10-24-16/h1-4,7-8,14,21H,5-6,9-10H2,(H2,19,20,22). The number of rotatable bonds is 4. The zero-order valence-corrected chi connectivity index (χ0v) is 13.5. The lowest BCUT2D eigenvalue weighted by molar-refractivity contribution is 0.174. The van der Waals surface area contributed by atoms with Crippen molar-refractivity contribution in [3.63, 3.8) is 0 Å². The fourth-order valence-electron chi connectivity index (χ4n) is 2.87. The fraction of sp³-hybridized carbons (Fsp3) is 0.278. The van der Waals surface area contributed by atoms with E-state index in [0.29, 0.717) is 23.8 Å². The maximum Gasteiger partial charge on any atom is 0.319 e. The molecule has 0 radical (unpaired) electrons. The van der Waals surface area contributed by atoms with Crippen molar-refractivity contribution in [2.75, 3.05) is 25.3 Å². The lowest BCUT2D eigenvalue weighted by atomic mass is 10.0. The highest BCUT2D eigenvalue weighted by Gasteiger charge is 2.17. The normalized spacial score (nSPS) is 15.2. The molecule has 0 saturated carbocycles. The van der Waals surface area contributed by atoms with Crippen molar-refractivity contribution >= 4 is 11.7 Å². The van der Waals surface area contributed by atoms with Gasteiger partial charge >= 0.3 is 6.03 Å². The van der Waals surface area contributed by atoms with Crippen LogP contribution in [-0.2, 0) is 6.42 Å². The van der Waals surface area contributed by atoms with Crippen molar-refractivity contribution in [1.29, 1.82) is 0 Å². The van der Waals surface area contributed by atoms with Gasteiger partial charge in [0, 0.05) is 24.7 Å². The Hall–Kier alpha value is -2.93. The van der Waals surface area contributed by atoms with E-state index < -0.39 is 12.1 Å². The number of carbonyl (C=O) groups excluding carboxylic acids is 1. The molecule has 4 rings (SSSR count). The van der Waals surface area contributed by atoms with Crippen molar-refractivity contribution < 1.29 is 24.1 Å². The first kappa shape index (κ1) is 15.6. The number of ether oxygens (including phenoxy) is 3. The Labute approximate surface area is 144 Å². The monoisotopic (exact) mass is 342 g/mol. The van der Waals surface area contributed by atoms with Crippen LogP contribution >= 0.6 is 0 Å². The summed E-state index contributed by atoms with van der Waals surface area (Å²) in [7, 11) is 0. The van der Waals surface area contributed by atoms with E-state index in [1.807, 2.05) is 18.2 Å². The van der Waals surface area contributed by atoms with Crippen LogP contribution in [0.2, 0.25) is 0 Å². The highest BCUT2D eigenvalue weighted by Crippen LogP contribution is 2.34. The fourth-order valence-corrected chi connectivity index (χ4v) is 2.87. The molecule has 0 spiro atoms. The minimum atomic E-state index is -0.784. The highest BCUT2D eigenvalue weighted by atomic mass is 16.7. The number of fused-ring (bicyclic) bond motifs is 2. The molecule has 25 heavy (non-hydrogen) atoms. The topological polar surface area (TPSA) is 89.1 Å². The van der Waals surface area contributed by atoms with E-state index in [9.17, 15) is 9.90 Å². The van der Waals surface area contributed by atoms with Crippen molar-refractivity contribution in [3.8, 4) is 17.2 Å². The number of hydrogen-bond acceptors (Lipinski definition) is 5. The number of hydrogen-bond donors (Lipinski definition) is 3. The van der Waals surface area contributed by atoms with Crippen LogP contribution in [0.3, 0.4) is 0 Å². The number of benzene rings is 2. The Bertz CT molecular complexity index is 808. The molecule has 0 saturated heterocycles. The molecule has 7 nitrogen and oxygen atoms in total. The first-order chi connectivity index (χ1) is 12.2. The molecule has 1 unspecified atom stereocenters. The SMILES string of the molecule is O=C(NCC(O)c1ccc2c(c1)CCO2)Nc1ccc2c(c1)OCO2. The Kier molecular flexibility index (Phi) is 4.07. The molecule has 3 N–H and O–H groups in total. The molecule has 2 aliphatic rings. The van der Waals surface area contributed by atoms with Crippen molar-refractivity contribution in [2.24, 2.45) is 0 Å². The average molecular weight is 342 g/mol. The van der Waals surface area contributed by atoms with Crippen molar-refractivity contribution in [3.05, 3.63) is 47.5 Å². The van der Waals surface area contributed by atoms with Crippen LogP contribution in [0, 0.1) is 0 Å². The van der Waals surface area contributed by atoms with Gasteiger partial charge in [-0.25, -0.2) is 4.79 Å². The third kappa shape index (κ3) is 3.32. The second-order valence-electron chi connectivity index (χ2n) is 5.88. The number of anilines is 1. The minimum absolute atomic E-state index is 0.107. The highest BCUT2D eigenvalue weighted by molar-refractivity contribution is 5.89. The Morgan fingerprint density at radius 2 is 1.92 bits per heavy atom. The number of carbonyl (C=O) groups is 1. The predicted octanol–water partition coefficient (Wildman–Crippen LogP) is 2.21. The third-order valence-electron chi connectivity index (χ3n) is 4.18. The molecular formula is C18H18N2O5. The van der Waals surface area contributed by atoms with Gasteiger partial charge in [-0.1, -0.05) is 6.07 Å². The molecule has 0 bridgehead atoms. The smallest absolute Gasteiger partial charge is 0.319 e. The van der Waals surface area contributed by atoms with E-state index in [4.69, 9.17) is 14.2 Å². The molecule has 1 atom stereocenters. The molecule has 2 amide bonds. The molecule has 0 fully saturated rings. The van der Waals surface area contributed by atoms with Crippen LogP contribution in [0.15, 0.2) is 36.4 Å². The van der Waals surface area contributed by atoms with Gasteiger partial charge < -0.3 is 30.0 Å². The summed E-state index contributed by atoms with van der Waals surface area (Å²) in [5, 5.41) is 15.6. The molecule has 2 aliphatic heterocycles. The van der Waals surface area contributed by atoms with E-state index in [-0.39, 0.29) is 13.3 Å². The van der Waals surface area contributed by atoms with Gasteiger partial charge in [0.1, 0.15) is 5.75 Å². The molecule has 0 aromatic heterocycles. The van der Waals surface area contributed by atoms with E-state index >= 15 is 0 Å². The van der Waals surface area contributed by atoms with E-state index in [1.54, 1.807) is 18.2 Å². The first-order valence-electron chi connectivity index (χ1n) is 8.07. The summed E-state index contributed by atoms with van der Waals surface area (Å²) in [6, 6.07) is 10.3. The summed E-state index contributed by atoms with van der Waals surface area (Å²) in [4.78, 5) is 12.0. The second kappa shape index (κ2) is 6.52. The summed E-state index contributed by atoms with van der Waals surface area (Å²) in [6.07, 6.45) is 0.0573. The Morgan fingerprint density at radius 1 is 1.08 bits per heavy atom. The average Bonchev–Trinajstić information content (AvgIpc) is 3.27. The maximum atomic E-state index is 12.0.